The van der Waals surface area contributed by atoms with E-state index in [1.807, 2.05) is 0 Å². The second-order valence-corrected chi connectivity index (χ2v) is 14.4. The van der Waals surface area contributed by atoms with Crippen LogP contribution in [0.25, 0.3) is 0 Å². The molecule has 0 rings (SSSR count). The number of hydrogen-bond acceptors (Lipinski definition) is 3. The fourth-order valence-corrected chi connectivity index (χ4v) is 10.1. The molecule has 0 aliphatic carbocycles. The van der Waals surface area contributed by atoms with Crippen LogP contribution in [0.3, 0.4) is 0 Å². The topological polar surface area (TPSA) is 63.2 Å². The zero-order valence-corrected chi connectivity index (χ0v) is 17.8. The van der Waals surface area contributed by atoms with Gasteiger partial charge in [0.2, 0.25) is 0 Å². The molecule has 0 bridgehead atoms. The van der Waals surface area contributed by atoms with Gasteiger partial charge in [0.25, 0.3) is 0 Å². The van der Waals surface area contributed by atoms with Crippen molar-refractivity contribution in [3.05, 3.63) is 0 Å². The standard InChI is InChI=1S/C14H32P2.CH2O3.Ni/c1-11(2)15(12(3)4)9-10-16(13(5)6)14(7)8;2-1(3)4;/h11-14H,9-10H2,1-8H3;(H2,2,3,4);/q;;+2. The third kappa shape index (κ3) is 15.3. The van der Waals surface area contributed by atoms with Crippen LogP contribution in [0.2, 0.25) is 0 Å². The third-order valence-electron chi connectivity index (χ3n) is 3.67. The van der Waals surface area contributed by atoms with Gasteiger partial charge in [-0.15, -0.1) is 0 Å². The van der Waals surface area contributed by atoms with Crippen molar-refractivity contribution in [2.45, 2.75) is 78.0 Å². The van der Waals surface area contributed by atoms with Crippen molar-refractivity contribution in [1.29, 1.82) is 0 Å². The van der Waals surface area contributed by atoms with Crippen molar-refractivity contribution in [3.63, 3.8) is 0 Å². The van der Waals surface area contributed by atoms with Crippen LogP contribution >= 0.6 is 15.8 Å². The van der Waals surface area contributed by atoms with E-state index < -0.39 is 6.16 Å². The van der Waals surface area contributed by atoms with E-state index in [2.05, 4.69) is 55.4 Å². The van der Waals surface area contributed by atoms with Crippen LogP contribution in [-0.2, 0) is 16.5 Å². The van der Waals surface area contributed by atoms with Crippen molar-refractivity contribution in [3.8, 4) is 0 Å². The van der Waals surface area contributed by atoms with Gasteiger partial charge in [-0.1, -0.05) is 0 Å². The quantitative estimate of drug-likeness (QED) is 0.502. The molecule has 0 aromatic rings. The Labute approximate surface area is 144 Å². The van der Waals surface area contributed by atoms with Gasteiger partial charge in [0.15, 0.2) is 0 Å². The van der Waals surface area contributed by atoms with Crippen molar-refractivity contribution in [2.75, 3.05) is 12.3 Å². The van der Waals surface area contributed by atoms with Gasteiger partial charge in [-0.05, 0) is 61.5 Å². The van der Waals surface area contributed by atoms with Crippen LogP contribution in [0.15, 0.2) is 0 Å². The SMILES string of the molecule is CC(C)[PH+](CC[PH+](C(C)C)C(C)C)C(C)C.O=C([O-])[O-].[Ni+2]. The van der Waals surface area contributed by atoms with E-state index in [9.17, 15) is 0 Å². The number of hydrogen-bond donors (Lipinski definition) is 0. The molecule has 0 radical (unpaired) electrons. The summed E-state index contributed by atoms with van der Waals surface area (Å²) in [5.41, 5.74) is 3.81. The Balaban J connectivity index is -0.000000572. The molecule has 0 aliphatic rings. The molecule has 6 heteroatoms. The normalized spacial score (nSPS) is 11.1. The first-order valence-electron chi connectivity index (χ1n) is 7.59. The Bertz CT molecular complexity index is 219. The van der Waals surface area contributed by atoms with Gasteiger partial charge < -0.3 is 15.0 Å². The Hall–Kier alpha value is 0.624. The van der Waals surface area contributed by atoms with E-state index in [-0.39, 0.29) is 32.3 Å². The first-order chi connectivity index (χ1) is 9.00. The van der Waals surface area contributed by atoms with Crippen molar-refractivity contribution in [2.24, 2.45) is 0 Å². The van der Waals surface area contributed by atoms with Crippen molar-refractivity contribution in [1.82, 2.24) is 0 Å². The van der Waals surface area contributed by atoms with Crippen LogP contribution in [0.5, 0.6) is 0 Å². The first kappa shape index (κ1) is 26.5. The molecule has 0 heterocycles. The van der Waals surface area contributed by atoms with Crippen molar-refractivity contribution < 1.29 is 31.5 Å². The van der Waals surface area contributed by atoms with E-state index in [0.717, 1.165) is 22.6 Å². The molecule has 0 fully saturated rings. The summed E-state index contributed by atoms with van der Waals surface area (Å²) >= 11 is 0. The minimum atomic E-state index is -2.33. The fourth-order valence-electron chi connectivity index (χ4n) is 2.78. The average molecular weight is 383 g/mol. The molecular weight excluding hydrogens is 349 g/mol. The summed E-state index contributed by atoms with van der Waals surface area (Å²) < 4.78 is 0. The summed E-state index contributed by atoms with van der Waals surface area (Å²) in [5, 5.41) is 16.7. The van der Waals surface area contributed by atoms with Gasteiger partial charge in [0, 0.05) is 15.8 Å². The molecule has 0 unspecified atom stereocenters. The molecule has 0 saturated carbocycles. The summed E-state index contributed by atoms with van der Waals surface area (Å²) in [5.74, 6) is 0. The second-order valence-electron chi connectivity index (χ2n) is 6.52. The van der Waals surface area contributed by atoms with Crippen LogP contribution in [0.4, 0.5) is 4.79 Å². The maximum absolute atomic E-state index is 8.33. The van der Waals surface area contributed by atoms with Crippen LogP contribution < -0.4 is 10.2 Å². The zero-order valence-electron chi connectivity index (χ0n) is 14.8. The van der Waals surface area contributed by atoms with Gasteiger partial charge in [-0.2, -0.15) is 0 Å². The van der Waals surface area contributed by atoms with E-state index >= 15 is 0 Å². The van der Waals surface area contributed by atoms with Crippen LogP contribution in [0, 0.1) is 0 Å². The molecule has 130 valence electrons. The van der Waals surface area contributed by atoms with Gasteiger partial charge in [0.1, 0.15) is 0 Å². The number of carbonyl (C=O) groups is 1. The summed E-state index contributed by atoms with van der Waals surface area (Å²) in [6.07, 6.45) is 0.787. The van der Waals surface area contributed by atoms with E-state index in [1.165, 1.54) is 0 Å². The first-order valence-corrected chi connectivity index (χ1v) is 11.3. The molecule has 0 spiro atoms. The summed E-state index contributed by atoms with van der Waals surface area (Å²) in [4.78, 5) is 8.33. The Morgan fingerprint density at radius 3 is 0.952 bits per heavy atom. The van der Waals surface area contributed by atoms with E-state index in [0.29, 0.717) is 0 Å². The summed E-state index contributed by atoms with van der Waals surface area (Å²) in [7, 11) is -0.229. The number of carboxylic acid groups (broad SMARTS) is 2. The van der Waals surface area contributed by atoms with Gasteiger partial charge in [-0.25, -0.2) is 0 Å². The molecule has 0 saturated heterocycles. The number of rotatable bonds is 7. The van der Waals surface area contributed by atoms with Gasteiger partial charge in [-0.3, -0.25) is 0 Å². The Morgan fingerprint density at radius 1 is 0.714 bits per heavy atom. The molecule has 0 amide bonds. The minimum absolute atomic E-state index is 0. The minimum Gasteiger partial charge on any atom is -0.652 e. The molecular formula is C15H34NiO3P2+2. The second kappa shape index (κ2) is 14.2. The predicted octanol–water partition coefficient (Wildman–Crippen LogP) is 2.60. The smallest absolute Gasteiger partial charge is 0.652 e. The Kier molecular flexibility index (Phi) is 18.0. The largest absolute Gasteiger partial charge is 2.00 e. The van der Waals surface area contributed by atoms with Gasteiger partial charge in [0.05, 0.1) is 35.0 Å². The molecule has 0 aliphatic heterocycles. The molecule has 3 nitrogen and oxygen atoms in total. The molecule has 0 aromatic heterocycles. The molecule has 21 heavy (non-hydrogen) atoms. The maximum Gasteiger partial charge on any atom is 2.00 e. The van der Waals surface area contributed by atoms with Crippen LogP contribution in [-0.4, -0.2) is 41.1 Å². The van der Waals surface area contributed by atoms with E-state index in [4.69, 9.17) is 15.0 Å². The Morgan fingerprint density at radius 2 is 0.857 bits per heavy atom. The average Bonchev–Trinajstić information content (AvgIpc) is 2.20. The fraction of sp³-hybridized carbons (Fsp3) is 0.933. The van der Waals surface area contributed by atoms with Gasteiger partial charge >= 0.3 is 16.5 Å². The summed E-state index contributed by atoms with van der Waals surface area (Å²) in [6, 6.07) is 0. The molecule has 0 N–H and O–H groups in total. The monoisotopic (exact) mass is 382 g/mol. The summed E-state index contributed by atoms with van der Waals surface area (Å²) in [6.45, 7) is 19.5. The predicted molar refractivity (Wildman–Crippen MR) is 92.3 cm³/mol. The zero-order chi connectivity index (χ0) is 16.5. The third-order valence-corrected chi connectivity index (χ3v) is 11.8. The maximum atomic E-state index is 8.33. The molecule has 0 atom stereocenters. The van der Waals surface area contributed by atoms with Crippen LogP contribution in [0.1, 0.15) is 55.4 Å². The van der Waals surface area contributed by atoms with Crippen molar-refractivity contribution >= 4 is 22.0 Å². The molecule has 0 aromatic carbocycles. The van der Waals surface area contributed by atoms with E-state index in [1.54, 1.807) is 12.3 Å². The number of carbonyl (C=O) groups excluding carboxylic acids is 1.